The first kappa shape index (κ1) is 19.0. The van der Waals surface area contributed by atoms with E-state index >= 15 is 4.39 Å². The van der Waals surface area contributed by atoms with E-state index in [1.807, 2.05) is 12.1 Å². The maximum Gasteiger partial charge on any atom is 0.407 e. The van der Waals surface area contributed by atoms with Crippen molar-refractivity contribution in [1.82, 2.24) is 20.1 Å². The van der Waals surface area contributed by atoms with Crippen molar-refractivity contribution in [3.05, 3.63) is 40.8 Å². The Bertz CT molecular complexity index is 1160. The number of thiophene rings is 1. The number of hydrogen-bond donors (Lipinski definition) is 2. The number of nitrogens with one attached hydrogen (secondary N) is 1. The summed E-state index contributed by atoms with van der Waals surface area (Å²) in [5.41, 5.74) is 0.501. The summed E-state index contributed by atoms with van der Waals surface area (Å²) in [5.74, 6) is 0.536. The summed E-state index contributed by atoms with van der Waals surface area (Å²) < 4.78 is 16.0. The summed E-state index contributed by atoms with van der Waals surface area (Å²) in [6, 6.07) is 6.04. The molecule has 2 saturated heterocycles. The summed E-state index contributed by atoms with van der Waals surface area (Å²) in [6.45, 7) is 0. The first-order chi connectivity index (χ1) is 14.4. The van der Waals surface area contributed by atoms with Crippen LogP contribution < -0.4 is 10.5 Å². The smallest absolute Gasteiger partial charge is 0.407 e. The Balaban J connectivity index is 1.38. The molecule has 2 N–H and O–H groups in total. The number of carboxylic acid groups (broad SMARTS) is 1. The predicted molar refractivity (Wildman–Crippen MR) is 112 cm³/mol. The van der Waals surface area contributed by atoms with E-state index < -0.39 is 24.3 Å². The molecule has 2 aliphatic rings. The molecular formula is C20H20FN5O3S. The van der Waals surface area contributed by atoms with Crippen molar-refractivity contribution in [1.29, 1.82) is 0 Å². The highest BCUT2D eigenvalue weighted by atomic mass is 32.1. The van der Waals surface area contributed by atoms with Gasteiger partial charge in [-0.1, -0.05) is 0 Å². The predicted octanol–water partition coefficient (Wildman–Crippen LogP) is 3.10. The van der Waals surface area contributed by atoms with Gasteiger partial charge < -0.3 is 15.0 Å². The minimum atomic E-state index is -1.28. The molecular weight excluding hydrogens is 409 g/mol. The fourth-order valence-corrected chi connectivity index (χ4v) is 5.73. The van der Waals surface area contributed by atoms with Gasteiger partial charge in [0.15, 0.2) is 5.82 Å². The number of hydrogen-bond acceptors (Lipinski definition) is 6. The third-order valence-electron chi connectivity index (χ3n) is 6.23. The molecule has 4 atom stereocenters. The molecule has 2 fully saturated rings. The van der Waals surface area contributed by atoms with Crippen molar-refractivity contribution in [2.45, 2.75) is 43.6 Å². The molecule has 0 radical (unpaired) electrons. The van der Waals surface area contributed by atoms with Crippen LogP contribution in [0.15, 0.2) is 35.3 Å². The molecule has 2 bridgehead atoms. The quantitative estimate of drug-likeness (QED) is 0.663. The van der Waals surface area contributed by atoms with E-state index in [1.54, 1.807) is 30.3 Å². The Morgan fingerprint density at radius 2 is 2.17 bits per heavy atom. The Morgan fingerprint density at radius 1 is 1.33 bits per heavy atom. The summed E-state index contributed by atoms with van der Waals surface area (Å²) in [7, 11) is 1.77. The van der Waals surface area contributed by atoms with Gasteiger partial charge in [0.25, 0.3) is 5.56 Å². The number of fused-ring (bicyclic) bond motifs is 3. The van der Waals surface area contributed by atoms with Gasteiger partial charge in [0, 0.05) is 24.0 Å². The van der Waals surface area contributed by atoms with Gasteiger partial charge in [-0.05, 0) is 43.5 Å². The zero-order valence-electron chi connectivity index (χ0n) is 16.2. The van der Waals surface area contributed by atoms with Gasteiger partial charge >= 0.3 is 6.09 Å². The first-order valence-electron chi connectivity index (χ1n) is 9.77. The number of aromatic nitrogens is 3. The summed E-state index contributed by atoms with van der Waals surface area (Å²) in [5, 5.41) is 18.6. The Kier molecular flexibility index (Phi) is 4.46. The van der Waals surface area contributed by atoms with Gasteiger partial charge in [-0.25, -0.2) is 9.18 Å². The second kappa shape index (κ2) is 7.05. The van der Waals surface area contributed by atoms with Gasteiger partial charge in [0.05, 0.1) is 22.3 Å². The molecule has 0 saturated carbocycles. The lowest BCUT2D eigenvalue weighted by Crippen LogP contribution is -2.58. The van der Waals surface area contributed by atoms with Gasteiger partial charge in [0.2, 0.25) is 0 Å². The van der Waals surface area contributed by atoms with Crippen molar-refractivity contribution in [3.8, 4) is 10.6 Å². The largest absolute Gasteiger partial charge is 0.465 e. The average molecular weight is 429 g/mol. The van der Waals surface area contributed by atoms with E-state index in [9.17, 15) is 14.7 Å². The Labute approximate surface area is 175 Å². The second-order valence-corrected chi connectivity index (χ2v) is 8.90. The highest BCUT2D eigenvalue weighted by Gasteiger charge is 2.51. The lowest BCUT2D eigenvalue weighted by Gasteiger charge is -2.43. The number of pyridine rings is 1. The van der Waals surface area contributed by atoms with Crippen LogP contribution in [0.2, 0.25) is 0 Å². The molecule has 0 aliphatic carbocycles. The summed E-state index contributed by atoms with van der Waals surface area (Å²) >= 11 is 1.46. The molecule has 10 heteroatoms. The van der Waals surface area contributed by atoms with Gasteiger partial charge in [0.1, 0.15) is 11.9 Å². The Morgan fingerprint density at radius 3 is 2.87 bits per heavy atom. The van der Waals surface area contributed by atoms with Crippen LogP contribution in [0.25, 0.3) is 20.7 Å². The van der Waals surface area contributed by atoms with Crippen molar-refractivity contribution in [2.75, 3.05) is 11.9 Å². The Hall–Kier alpha value is -3.01. The molecule has 0 unspecified atom stereocenters. The number of aromatic amines is 1. The van der Waals surface area contributed by atoms with Gasteiger partial charge in [-0.3, -0.25) is 9.69 Å². The number of piperidine rings is 1. The van der Waals surface area contributed by atoms with Crippen molar-refractivity contribution < 1.29 is 14.3 Å². The summed E-state index contributed by atoms with van der Waals surface area (Å²) in [6.07, 6.45) is 0.974. The molecule has 30 heavy (non-hydrogen) atoms. The monoisotopic (exact) mass is 429 g/mol. The third-order valence-corrected chi connectivity index (χ3v) is 7.36. The van der Waals surface area contributed by atoms with Crippen LogP contribution in [-0.2, 0) is 0 Å². The number of anilines is 1. The van der Waals surface area contributed by atoms with E-state index in [0.29, 0.717) is 36.2 Å². The molecule has 3 aromatic rings. The van der Waals surface area contributed by atoms with Gasteiger partial charge in [-0.15, -0.1) is 21.5 Å². The molecule has 1 amide bonds. The lowest BCUT2D eigenvalue weighted by molar-refractivity contribution is 0.0490. The van der Waals surface area contributed by atoms with Crippen LogP contribution in [0.1, 0.15) is 19.3 Å². The molecule has 0 aromatic carbocycles. The normalized spacial score (nSPS) is 25.6. The van der Waals surface area contributed by atoms with Crippen LogP contribution >= 0.6 is 11.3 Å². The molecule has 2 aliphatic heterocycles. The average Bonchev–Trinajstić information content (AvgIpc) is 3.33. The topological polar surface area (TPSA) is 102 Å². The number of nitrogens with zero attached hydrogens (tertiary/aromatic N) is 4. The van der Waals surface area contributed by atoms with E-state index in [1.165, 1.54) is 16.2 Å². The minimum Gasteiger partial charge on any atom is -0.465 e. The van der Waals surface area contributed by atoms with E-state index in [0.717, 1.165) is 9.58 Å². The SMILES string of the molecule is CN(c1ccc(-c2cc3c(=O)[nH]ccc3s2)nn1)[C@@H]1C[C@H]2CC[C@@H]([C@@H]1F)N2C(=O)O. The number of rotatable bonds is 3. The molecule has 5 rings (SSSR count). The molecule has 156 valence electrons. The van der Waals surface area contributed by atoms with Crippen molar-refractivity contribution >= 4 is 33.3 Å². The van der Waals surface area contributed by atoms with E-state index in [4.69, 9.17) is 0 Å². The maximum atomic E-state index is 15.2. The molecule has 8 nitrogen and oxygen atoms in total. The lowest BCUT2D eigenvalue weighted by atomic mass is 9.94. The number of carbonyl (C=O) groups is 1. The first-order valence-corrected chi connectivity index (χ1v) is 10.6. The van der Waals surface area contributed by atoms with Crippen LogP contribution in [-0.4, -0.2) is 62.6 Å². The fourth-order valence-electron chi connectivity index (χ4n) is 4.71. The minimum absolute atomic E-state index is 0.143. The standard InChI is InChI=1S/C20H20FN5O3S/c1-25(14-8-10-2-4-13(18(14)21)26(10)20(28)29)17-5-3-12(23-24-17)16-9-11-15(30-16)6-7-22-19(11)27/h3,5-7,9-10,13-14,18H,2,4,8H2,1H3,(H,22,27)(H,28,29)/t10-,13+,14-,18+/m1/s1. The molecule has 0 spiro atoms. The third kappa shape index (κ3) is 2.94. The fraction of sp³-hybridized carbons (Fsp3) is 0.400. The van der Waals surface area contributed by atoms with Gasteiger partial charge in [-0.2, -0.15) is 0 Å². The van der Waals surface area contributed by atoms with Crippen LogP contribution in [0.5, 0.6) is 0 Å². The zero-order chi connectivity index (χ0) is 21.0. The molecule has 5 heterocycles. The number of amides is 1. The zero-order valence-corrected chi connectivity index (χ0v) is 17.0. The second-order valence-electron chi connectivity index (χ2n) is 7.82. The van der Waals surface area contributed by atoms with Crippen LogP contribution in [0, 0.1) is 0 Å². The molecule has 3 aromatic heterocycles. The van der Waals surface area contributed by atoms with Crippen molar-refractivity contribution in [2.24, 2.45) is 0 Å². The van der Waals surface area contributed by atoms with E-state index in [2.05, 4.69) is 15.2 Å². The summed E-state index contributed by atoms with van der Waals surface area (Å²) in [4.78, 5) is 29.9. The highest BCUT2D eigenvalue weighted by Crippen LogP contribution is 2.40. The van der Waals surface area contributed by atoms with Crippen LogP contribution in [0.4, 0.5) is 15.0 Å². The van der Waals surface area contributed by atoms with Crippen LogP contribution in [0.3, 0.4) is 0 Å². The highest BCUT2D eigenvalue weighted by molar-refractivity contribution is 7.22. The van der Waals surface area contributed by atoms with E-state index in [-0.39, 0.29) is 11.6 Å². The maximum absolute atomic E-state index is 15.2. The number of alkyl halides is 1. The number of H-pyrrole nitrogens is 1. The van der Waals surface area contributed by atoms with Crippen molar-refractivity contribution in [3.63, 3.8) is 0 Å². The number of halogens is 1.